The van der Waals surface area contributed by atoms with Gasteiger partial charge in [0.1, 0.15) is 5.75 Å². The molecule has 0 bridgehead atoms. The largest absolute Gasteiger partial charge is 0.508 e. The summed E-state index contributed by atoms with van der Waals surface area (Å²) < 4.78 is 1.47. The van der Waals surface area contributed by atoms with Crippen LogP contribution in [0.5, 0.6) is 5.75 Å². The number of phenols is 1. The van der Waals surface area contributed by atoms with E-state index in [2.05, 4.69) is 0 Å². The predicted octanol–water partition coefficient (Wildman–Crippen LogP) is 6.04. The van der Waals surface area contributed by atoms with E-state index < -0.39 is 16.8 Å². The van der Waals surface area contributed by atoms with Gasteiger partial charge in [-0.05, 0) is 61.2 Å². The van der Waals surface area contributed by atoms with Gasteiger partial charge in [-0.25, -0.2) is 0 Å². The number of carbonyl (C=O) groups is 2. The lowest BCUT2D eigenvalue weighted by Gasteiger charge is -2.39. The Morgan fingerprint density at radius 3 is 2.13 bits per heavy atom. The molecule has 0 aliphatic heterocycles. The van der Waals surface area contributed by atoms with Crippen molar-refractivity contribution in [2.24, 2.45) is 5.41 Å². The van der Waals surface area contributed by atoms with Gasteiger partial charge in [0.2, 0.25) is 0 Å². The van der Waals surface area contributed by atoms with E-state index in [0.717, 1.165) is 0 Å². The van der Waals surface area contributed by atoms with E-state index in [1.54, 1.807) is 32.0 Å². The van der Waals surface area contributed by atoms with Crippen molar-refractivity contribution in [2.75, 3.05) is 0 Å². The second-order valence-electron chi connectivity index (χ2n) is 8.61. The van der Waals surface area contributed by atoms with Crippen molar-refractivity contribution in [3.05, 3.63) is 63.3 Å². The Kier molecular flexibility index (Phi) is 5.42. The normalized spacial score (nSPS) is 14.0. The second kappa shape index (κ2) is 7.33. The standard InChI is InChI=1S/C23H23Cl2NO4/c1-12-19(23(5,21(29)30)22(2,3)4)15-11-14(27)7-9-18(15)26(12)20(28)13-6-8-16(24)17(25)10-13/h6-11,27H,1-5H3,(H,29,30)/t23-/m1/s1. The highest BCUT2D eigenvalue weighted by molar-refractivity contribution is 6.42. The molecule has 30 heavy (non-hydrogen) atoms. The Morgan fingerprint density at radius 1 is 0.967 bits per heavy atom. The molecule has 1 heterocycles. The zero-order chi connectivity index (χ0) is 22.6. The fourth-order valence-corrected chi connectivity index (χ4v) is 4.16. The van der Waals surface area contributed by atoms with Crippen molar-refractivity contribution >= 4 is 46.0 Å². The van der Waals surface area contributed by atoms with Crippen LogP contribution in [0.25, 0.3) is 10.9 Å². The maximum atomic E-state index is 13.4. The van der Waals surface area contributed by atoms with Crippen molar-refractivity contribution in [2.45, 2.75) is 40.0 Å². The Bertz CT molecular complexity index is 1190. The number of nitrogens with zero attached hydrogens (tertiary/aromatic N) is 1. The molecule has 5 nitrogen and oxygen atoms in total. The summed E-state index contributed by atoms with van der Waals surface area (Å²) in [6.07, 6.45) is 0. The molecule has 3 aromatic rings. The van der Waals surface area contributed by atoms with Crippen LogP contribution in [-0.4, -0.2) is 26.7 Å². The number of phenolic OH excluding ortho intramolecular Hbond substituents is 1. The third-order valence-corrected chi connectivity index (χ3v) is 6.72. The van der Waals surface area contributed by atoms with Crippen molar-refractivity contribution in [3.63, 3.8) is 0 Å². The molecule has 0 radical (unpaired) electrons. The Morgan fingerprint density at radius 2 is 1.60 bits per heavy atom. The number of aromatic hydroxyl groups is 1. The molecule has 0 unspecified atom stereocenters. The number of carboxylic acids is 1. The molecule has 2 aromatic carbocycles. The number of rotatable bonds is 3. The van der Waals surface area contributed by atoms with Gasteiger partial charge in [-0.1, -0.05) is 44.0 Å². The first-order valence-corrected chi connectivity index (χ1v) is 10.1. The quantitative estimate of drug-likeness (QED) is 0.512. The molecule has 0 amide bonds. The van der Waals surface area contributed by atoms with Crippen LogP contribution in [0.2, 0.25) is 10.0 Å². The highest BCUT2D eigenvalue weighted by Gasteiger charge is 2.49. The molecule has 1 atom stereocenters. The molecule has 158 valence electrons. The summed E-state index contributed by atoms with van der Waals surface area (Å²) >= 11 is 12.1. The Balaban J connectivity index is 2.41. The summed E-state index contributed by atoms with van der Waals surface area (Å²) in [7, 11) is 0. The van der Waals surface area contributed by atoms with Gasteiger partial charge in [-0.15, -0.1) is 0 Å². The first-order valence-electron chi connectivity index (χ1n) is 9.38. The molecule has 2 N–H and O–H groups in total. The predicted molar refractivity (Wildman–Crippen MR) is 119 cm³/mol. The van der Waals surface area contributed by atoms with Crippen LogP contribution < -0.4 is 0 Å². The van der Waals surface area contributed by atoms with Gasteiger partial charge in [-0.3, -0.25) is 14.2 Å². The maximum Gasteiger partial charge on any atom is 0.314 e. The third kappa shape index (κ3) is 3.26. The summed E-state index contributed by atoms with van der Waals surface area (Å²) in [4.78, 5) is 25.9. The van der Waals surface area contributed by atoms with Crippen molar-refractivity contribution < 1.29 is 19.8 Å². The molecule has 0 spiro atoms. The average Bonchev–Trinajstić information content (AvgIpc) is 2.92. The summed E-state index contributed by atoms with van der Waals surface area (Å²) in [5.41, 5.74) is -0.203. The van der Waals surface area contributed by atoms with E-state index in [-0.39, 0.29) is 16.7 Å². The summed E-state index contributed by atoms with van der Waals surface area (Å²) in [6.45, 7) is 8.89. The van der Waals surface area contributed by atoms with Gasteiger partial charge < -0.3 is 10.2 Å². The average molecular weight is 448 g/mol. The number of hydrogen-bond donors (Lipinski definition) is 2. The first-order chi connectivity index (χ1) is 13.8. The van der Waals surface area contributed by atoms with Crippen molar-refractivity contribution in [1.82, 2.24) is 4.57 Å². The molecule has 0 saturated heterocycles. The first kappa shape index (κ1) is 22.2. The minimum absolute atomic E-state index is 0.00969. The maximum absolute atomic E-state index is 13.4. The zero-order valence-electron chi connectivity index (χ0n) is 17.4. The third-order valence-electron chi connectivity index (χ3n) is 5.98. The molecule has 0 aliphatic carbocycles. The van der Waals surface area contributed by atoms with Crippen LogP contribution in [0.4, 0.5) is 0 Å². The summed E-state index contributed by atoms with van der Waals surface area (Å²) in [6, 6.07) is 9.19. The van der Waals surface area contributed by atoms with Gasteiger partial charge in [0.25, 0.3) is 5.91 Å². The lowest BCUT2D eigenvalue weighted by molar-refractivity contribution is -0.147. The monoisotopic (exact) mass is 447 g/mol. The van der Waals surface area contributed by atoms with E-state index in [9.17, 15) is 19.8 Å². The lowest BCUT2D eigenvalue weighted by atomic mass is 9.63. The van der Waals surface area contributed by atoms with Crippen molar-refractivity contribution in [1.29, 1.82) is 0 Å². The highest BCUT2D eigenvalue weighted by atomic mass is 35.5. The van der Waals surface area contributed by atoms with Crippen LogP contribution in [0, 0.1) is 12.3 Å². The number of fused-ring (bicyclic) bond motifs is 1. The SMILES string of the molecule is Cc1c([C@](C)(C(=O)O)C(C)(C)C)c2cc(O)ccc2n1C(=O)c1ccc(Cl)c(Cl)c1. The Labute approximate surface area is 184 Å². The van der Waals surface area contributed by atoms with Crippen LogP contribution >= 0.6 is 23.2 Å². The topological polar surface area (TPSA) is 79.5 Å². The highest BCUT2D eigenvalue weighted by Crippen LogP contribution is 2.47. The molecular weight excluding hydrogens is 425 g/mol. The number of benzene rings is 2. The summed E-state index contributed by atoms with van der Waals surface area (Å²) in [5, 5.41) is 21.4. The Hall–Kier alpha value is -2.50. The van der Waals surface area contributed by atoms with Gasteiger partial charge in [-0.2, -0.15) is 0 Å². The smallest absolute Gasteiger partial charge is 0.314 e. The van der Waals surface area contributed by atoms with E-state index in [4.69, 9.17) is 23.2 Å². The molecule has 0 fully saturated rings. The van der Waals surface area contributed by atoms with Gasteiger partial charge in [0.05, 0.1) is 21.0 Å². The van der Waals surface area contributed by atoms with Crippen LogP contribution in [0.3, 0.4) is 0 Å². The molecule has 0 aliphatic rings. The minimum Gasteiger partial charge on any atom is -0.508 e. The van der Waals surface area contributed by atoms with Crippen LogP contribution in [0.1, 0.15) is 49.3 Å². The number of carbonyl (C=O) groups excluding carboxylic acids is 1. The van der Waals surface area contributed by atoms with Gasteiger partial charge in [0, 0.05) is 16.6 Å². The molecule has 1 aromatic heterocycles. The molecule has 7 heteroatoms. The number of aliphatic carboxylic acids is 1. The van der Waals surface area contributed by atoms with Crippen LogP contribution in [-0.2, 0) is 10.2 Å². The number of halogens is 2. The number of aromatic nitrogens is 1. The van der Waals surface area contributed by atoms with E-state index in [1.807, 2.05) is 20.8 Å². The fourth-order valence-electron chi connectivity index (χ4n) is 3.86. The minimum atomic E-state index is -1.33. The van der Waals surface area contributed by atoms with E-state index in [0.29, 0.717) is 32.7 Å². The van der Waals surface area contributed by atoms with Gasteiger partial charge in [0.15, 0.2) is 0 Å². The zero-order valence-corrected chi connectivity index (χ0v) is 18.9. The molecular formula is C23H23Cl2NO4. The van der Waals surface area contributed by atoms with Gasteiger partial charge >= 0.3 is 5.97 Å². The number of carboxylic acid groups (broad SMARTS) is 1. The van der Waals surface area contributed by atoms with Crippen LogP contribution in [0.15, 0.2) is 36.4 Å². The number of hydrogen-bond acceptors (Lipinski definition) is 3. The van der Waals surface area contributed by atoms with Crippen molar-refractivity contribution in [3.8, 4) is 5.75 Å². The second-order valence-corrected chi connectivity index (χ2v) is 9.43. The van der Waals surface area contributed by atoms with E-state index in [1.165, 1.54) is 22.8 Å². The fraction of sp³-hybridized carbons (Fsp3) is 0.304. The molecule has 3 rings (SSSR count). The van der Waals surface area contributed by atoms with E-state index >= 15 is 0 Å². The molecule has 0 saturated carbocycles. The summed E-state index contributed by atoms with van der Waals surface area (Å²) in [5.74, 6) is -1.39. The lowest BCUT2D eigenvalue weighted by Crippen LogP contribution is -2.45.